The molecule has 36 heavy (non-hydrogen) atoms. The summed E-state index contributed by atoms with van der Waals surface area (Å²) in [5, 5.41) is 8.58. The van der Waals surface area contributed by atoms with Crippen LogP contribution in [0, 0.1) is 17.5 Å². The van der Waals surface area contributed by atoms with E-state index < -0.39 is 11.8 Å². The molecule has 1 aliphatic heterocycles. The summed E-state index contributed by atoms with van der Waals surface area (Å²) in [7, 11) is 0. The zero-order chi connectivity index (χ0) is 25.1. The maximum absolute atomic E-state index is 13.5. The van der Waals surface area contributed by atoms with E-state index in [4.69, 9.17) is 4.74 Å². The Morgan fingerprint density at radius 1 is 0.750 bits per heavy atom. The fourth-order valence-electron chi connectivity index (χ4n) is 3.90. The summed E-state index contributed by atoms with van der Waals surface area (Å²) in [6.45, 7) is 0.238. The van der Waals surface area contributed by atoms with Gasteiger partial charge in [0.1, 0.15) is 29.0 Å². The quantitative estimate of drug-likeness (QED) is 0.332. The van der Waals surface area contributed by atoms with Crippen molar-refractivity contribution in [1.82, 2.24) is 5.01 Å². The lowest BCUT2D eigenvalue weighted by Gasteiger charge is -2.16. The summed E-state index contributed by atoms with van der Waals surface area (Å²) in [4.78, 5) is 12.9. The topological polar surface area (TPSA) is 53.9 Å². The number of carbonyl (C=O) groups excluding carboxylic acids is 1. The summed E-state index contributed by atoms with van der Waals surface area (Å²) in [6.07, 6.45) is 0. The van der Waals surface area contributed by atoms with Crippen LogP contribution in [-0.2, 0) is 0 Å². The Morgan fingerprint density at radius 2 is 1.25 bits per heavy atom. The van der Waals surface area contributed by atoms with Gasteiger partial charge in [-0.1, -0.05) is 12.1 Å². The van der Waals surface area contributed by atoms with Crippen LogP contribution < -0.4 is 10.1 Å². The van der Waals surface area contributed by atoms with E-state index in [9.17, 15) is 18.0 Å². The molecular formula is C28H20F3N3O2. The molecule has 0 bridgehead atoms. The van der Waals surface area contributed by atoms with Gasteiger partial charge in [0.05, 0.1) is 12.3 Å². The number of nitrogens with one attached hydrogen (secondary N) is 1. The van der Waals surface area contributed by atoms with Gasteiger partial charge in [0.2, 0.25) is 0 Å². The largest absolute Gasteiger partial charge is 0.457 e. The van der Waals surface area contributed by atoms with Gasteiger partial charge in [-0.2, -0.15) is 5.10 Å². The Labute approximate surface area is 205 Å². The zero-order valence-corrected chi connectivity index (χ0v) is 18.9. The van der Waals surface area contributed by atoms with Gasteiger partial charge in [-0.3, -0.25) is 0 Å². The summed E-state index contributed by atoms with van der Waals surface area (Å²) in [6, 6.07) is 23.9. The van der Waals surface area contributed by atoms with Crippen LogP contribution >= 0.6 is 0 Å². The van der Waals surface area contributed by atoms with Crippen LogP contribution in [0.15, 0.2) is 102 Å². The number of nitrogens with zero attached hydrogens (tertiary/aromatic N) is 2. The van der Waals surface area contributed by atoms with E-state index in [-0.39, 0.29) is 24.1 Å². The van der Waals surface area contributed by atoms with Crippen molar-refractivity contribution in [2.75, 3.05) is 11.9 Å². The minimum atomic E-state index is -0.472. The van der Waals surface area contributed by atoms with Crippen LogP contribution in [0.4, 0.5) is 23.7 Å². The van der Waals surface area contributed by atoms with Crippen molar-refractivity contribution in [2.45, 2.75) is 5.92 Å². The SMILES string of the molecule is O=C(Nc1ccc(F)cc1)N1CC(c2ccc(F)cc2)C(c2ccc(Oc3ccc(F)cc3)cc2)=N1. The molecule has 4 aromatic carbocycles. The van der Waals surface area contributed by atoms with Gasteiger partial charge in [0.25, 0.3) is 0 Å². The predicted molar refractivity (Wildman–Crippen MR) is 131 cm³/mol. The Hall–Kier alpha value is -4.59. The van der Waals surface area contributed by atoms with Crippen molar-refractivity contribution in [3.05, 3.63) is 126 Å². The van der Waals surface area contributed by atoms with Crippen LogP contribution in [0.5, 0.6) is 11.5 Å². The minimum absolute atomic E-state index is 0.238. The normalized spacial score (nSPS) is 14.9. The first kappa shape index (κ1) is 23.2. The molecule has 0 aliphatic carbocycles. The number of hydrogen-bond donors (Lipinski definition) is 1. The molecule has 0 saturated carbocycles. The monoisotopic (exact) mass is 487 g/mol. The molecule has 1 heterocycles. The molecule has 0 saturated heterocycles. The van der Waals surface area contributed by atoms with E-state index in [0.29, 0.717) is 22.9 Å². The van der Waals surface area contributed by atoms with Crippen LogP contribution in [-0.4, -0.2) is 23.3 Å². The summed E-state index contributed by atoms with van der Waals surface area (Å²) in [5.41, 5.74) is 2.63. The minimum Gasteiger partial charge on any atom is -0.457 e. The second-order valence-corrected chi connectivity index (χ2v) is 8.19. The zero-order valence-electron chi connectivity index (χ0n) is 18.9. The van der Waals surface area contributed by atoms with Gasteiger partial charge >= 0.3 is 6.03 Å². The van der Waals surface area contributed by atoms with Gasteiger partial charge < -0.3 is 10.1 Å². The molecule has 8 heteroatoms. The molecule has 1 atom stereocenters. The molecule has 0 spiro atoms. The Bertz CT molecular complexity index is 1390. The number of halogens is 3. The van der Waals surface area contributed by atoms with E-state index in [1.807, 2.05) is 12.1 Å². The van der Waals surface area contributed by atoms with E-state index in [1.165, 1.54) is 65.7 Å². The number of anilines is 1. The van der Waals surface area contributed by atoms with E-state index >= 15 is 0 Å². The number of ether oxygens (including phenoxy) is 1. The number of urea groups is 1. The Kier molecular flexibility index (Phi) is 6.40. The number of rotatable bonds is 5. The highest BCUT2D eigenvalue weighted by atomic mass is 19.1. The maximum Gasteiger partial charge on any atom is 0.342 e. The second kappa shape index (κ2) is 9.95. The summed E-state index contributed by atoms with van der Waals surface area (Å²) < 4.78 is 45.7. The van der Waals surface area contributed by atoms with E-state index in [2.05, 4.69) is 10.4 Å². The number of benzene rings is 4. The molecule has 5 nitrogen and oxygen atoms in total. The molecule has 1 N–H and O–H groups in total. The highest BCUT2D eigenvalue weighted by molar-refractivity contribution is 6.07. The van der Waals surface area contributed by atoms with Gasteiger partial charge in [0, 0.05) is 11.6 Å². The van der Waals surface area contributed by atoms with Crippen molar-refractivity contribution in [1.29, 1.82) is 0 Å². The van der Waals surface area contributed by atoms with Crippen LogP contribution in [0.2, 0.25) is 0 Å². The van der Waals surface area contributed by atoms with Crippen LogP contribution in [0.3, 0.4) is 0 Å². The first-order valence-corrected chi connectivity index (χ1v) is 11.2. The fraction of sp³-hybridized carbons (Fsp3) is 0.0714. The van der Waals surface area contributed by atoms with E-state index in [1.54, 1.807) is 24.3 Å². The first-order valence-electron chi connectivity index (χ1n) is 11.2. The van der Waals surface area contributed by atoms with Crippen molar-refractivity contribution >= 4 is 17.4 Å². The van der Waals surface area contributed by atoms with Crippen molar-refractivity contribution in [3.63, 3.8) is 0 Å². The molecule has 2 amide bonds. The number of amides is 2. The van der Waals surface area contributed by atoms with Crippen molar-refractivity contribution < 1.29 is 22.7 Å². The lowest BCUT2D eigenvalue weighted by Crippen LogP contribution is -2.30. The highest BCUT2D eigenvalue weighted by Gasteiger charge is 2.32. The van der Waals surface area contributed by atoms with Gasteiger partial charge in [-0.05, 0) is 96.1 Å². The van der Waals surface area contributed by atoms with E-state index in [0.717, 1.165) is 11.1 Å². The predicted octanol–water partition coefficient (Wildman–Crippen LogP) is 6.93. The average molecular weight is 487 g/mol. The second-order valence-electron chi connectivity index (χ2n) is 8.19. The Morgan fingerprint density at radius 3 is 1.83 bits per heavy atom. The fourth-order valence-corrected chi connectivity index (χ4v) is 3.90. The van der Waals surface area contributed by atoms with Crippen LogP contribution in [0.25, 0.3) is 0 Å². The third-order valence-corrected chi connectivity index (χ3v) is 5.72. The molecule has 1 aliphatic rings. The number of hydrogen-bond acceptors (Lipinski definition) is 3. The van der Waals surface area contributed by atoms with Gasteiger partial charge in [-0.25, -0.2) is 23.0 Å². The molecule has 0 aromatic heterocycles. The molecule has 0 radical (unpaired) electrons. The molecule has 0 fully saturated rings. The maximum atomic E-state index is 13.5. The first-order chi connectivity index (χ1) is 17.4. The van der Waals surface area contributed by atoms with Gasteiger partial charge in [0.15, 0.2) is 0 Å². The van der Waals surface area contributed by atoms with Crippen molar-refractivity contribution in [3.8, 4) is 11.5 Å². The summed E-state index contributed by atoms with van der Waals surface area (Å²) >= 11 is 0. The summed E-state index contributed by atoms with van der Waals surface area (Å²) in [5.74, 6) is -0.366. The third-order valence-electron chi connectivity index (χ3n) is 5.72. The van der Waals surface area contributed by atoms with Crippen molar-refractivity contribution in [2.24, 2.45) is 5.10 Å². The highest BCUT2D eigenvalue weighted by Crippen LogP contribution is 2.31. The lowest BCUT2D eigenvalue weighted by molar-refractivity contribution is 0.218. The standard InChI is InChI=1S/C28H20F3N3O2/c29-20-5-1-18(2-6-20)26-17-34(28(35)32-23-11-7-21(30)8-12-23)33-27(26)19-3-13-24(14-4-19)36-25-15-9-22(31)10-16-25/h1-16,26H,17H2,(H,32,35). The lowest BCUT2D eigenvalue weighted by atomic mass is 9.90. The average Bonchev–Trinajstić information content (AvgIpc) is 3.33. The smallest absolute Gasteiger partial charge is 0.342 e. The molecular weight excluding hydrogens is 467 g/mol. The molecule has 4 aromatic rings. The van der Waals surface area contributed by atoms with Gasteiger partial charge in [-0.15, -0.1) is 0 Å². The van der Waals surface area contributed by atoms with Crippen LogP contribution in [0.1, 0.15) is 17.0 Å². The molecule has 180 valence electrons. The third kappa shape index (κ3) is 5.22. The number of hydrazone groups is 1. The molecule has 1 unspecified atom stereocenters. The Balaban J connectivity index is 1.40. The molecule has 5 rings (SSSR count). The number of carbonyl (C=O) groups is 1.